The molecule has 0 aliphatic carbocycles. The van der Waals surface area contributed by atoms with E-state index in [9.17, 15) is 0 Å². The van der Waals surface area contributed by atoms with E-state index in [4.69, 9.17) is 4.74 Å². The van der Waals surface area contributed by atoms with Gasteiger partial charge in [0.05, 0.1) is 12.1 Å². The topological polar surface area (TPSA) is 34.2 Å². The van der Waals surface area contributed by atoms with Crippen LogP contribution in [0.2, 0.25) is 0 Å². The highest BCUT2D eigenvalue weighted by atomic mass is 16.5. The fraction of sp³-hybridized carbons (Fsp3) is 0.400. The molecule has 0 saturated carbocycles. The van der Waals surface area contributed by atoms with Gasteiger partial charge in [-0.15, -0.1) is 0 Å². The van der Waals surface area contributed by atoms with Crippen LogP contribution in [0.5, 0.6) is 0 Å². The lowest BCUT2D eigenvalue weighted by molar-refractivity contribution is 0.185. The zero-order chi connectivity index (χ0) is 13.1. The van der Waals surface area contributed by atoms with Gasteiger partial charge in [-0.2, -0.15) is 0 Å². The first-order valence-corrected chi connectivity index (χ1v) is 6.26. The summed E-state index contributed by atoms with van der Waals surface area (Å²) in [6.07, 6.45) is 0. The number of nitrogens with one attached hydrogen (secondary N) is 1. The third-order valence-electron chi connectivity index (χ3n) is 3.08. The van der Waals surface area contributed by atoms with Crippen LogP contribution in [-0.2, 0) is 11.3 Å². The van der Waals surface area contributed by atoms with Crippen LogP contribution >= 0.6 is 0 Å². The second kappa shape index (κ2) is 5.36. The Morgan fingerprint density at radius 3 is 2.67 bits per heavy atom. The number of hydrogen-bond acceptors (Lipinski definition) is 3. The molecule has 0 aliphatic rings. The van der Waals surface area contributed by atoms with Crippen LogP contribution in [0, 0.1) is 0 Å². The number of ether oxygens (including phenoxy) is 1. The minimum atomic E-state index is 0.454. The molecule has 1 aromatic carbocycles. The van der Waals surface area contributed by atoms with Crippen LogP contribution in [0.1, 0.15) is 30.9 Å². The highest BCUT2D eigenvalue weighted by molar-refractivity contribution is 5.82. The van der Waals surface area contributed by atoms with Gasteiger partial charge in [-0.25, -0.2) is 4.98 Å². The highest BCUT2D eigenvalue weighted by Gasteiger charge is 2.09. The van der Waals surface area contributed by atoms with E-state index < -0.39 is 0 Å². The minimum Gasteiger partial charge on any atom is -0.380 e. The van der Waals surface area contributed by atoms with Gasteiger partial charge in [-0.05, 0) is 35.2 Å². The van der Waals surface area contributed by atoms with Crippen molar-refractivity contribution in [3.63, 3.8) is 0 Å². The van der Waals surface area contributed by atoms with Crippen LogP contribution in [-0.4, -0.2) is 19.1 Å². The summed E-state index contributed by atoms with van der Waals surface area (Å²) in [6, 6.07) is 8.48. The molecule has 3 heteroatoms. The van der Waals surface area contributed by atoms with Gasteiger partial charge >= 0.3 is 0 Å². The van der Waals surface area contributed by atoms with E-state index in [1.165, 1.54) is 16.5 Å². The quantitative estimate of drug-likeness (QED) is 0.893. The van der Waals surface area contributed by atoms with Gasteiger partial charge in [0.1, 0.15) is 5.82 Å². The zero-order valence-electron chi connectivity index (χ0n) is 11.4. The van der Waals surface area contributed by atoms with E-state index in [0.29, 0.717) is 12.5 Å². The lowest BCUT2D eigenvalue weighted by Crippen LogP contribution is -2.01. The minimum absolute atomic E-state index is 0.454. The molecule has 18 heavy (non-hydrogen) atoms. The first-order valence-electron chi connectivity index (χ1n) is 6.26. The summed E-state index contributed by atoms with van der Waals surface area (Å²) in [5.74, 6) is 1.42. The number of hydrogen-bond donors (Lipinski definition) is 1. The van der Waals surface area contributed by atoms with Gasteiger partial charge in [0, 0.05) is 19.5 Å². The molecule has 0 bridgehead atoms. The molecule has 0 fully saturated rings. The summed E-state index contributed by atoms with van der Waals surface area (Å²) in [4.78, 5) is 4.66. The Kier molecular flexibility index (Phi) is 3.82. The van der Waals surface area contributed by atoms with Crippen LogP contribution < -0.4 is 5.32 Å². The summed E-state index contributed by atoms with van der Waals surface area (Å²) >= 11 is 0. The van der Waals surface area contributed by atoms with Gasteiger partial charge in [-0.1, -0.05) is 19.9 Å². The molecule has 0 aliphatic heterocycles. The van der Waals surface area contributed by atoms with E-state index in [1.54, 1.807) is 7.11 Å². The van der Waals surface area contributed by atoms with Crippen LogP contribution in [0.4, 0.5) is 5.82 Å². The Hall–Kier alpha value is -1.61. The summed E-state index contributed by atoms with van der Waals surface area (Å²) in [6.45, 7) is 5.01. The largest absolute Gasteiger partial charge is 0.380 e. The summed E-state index contributed by atoms with van der Waals surface area (Å²) in [5, 5.41) is 4.35. The number of pyridine rings is 1. The maximum atomic E-state index is 5.17. The van der Waals surface area contributed by atoms with Crippen molar-refractivity contribution in [1.29, 1.82) is 0 Å². The molecule has 2 rings (SSSR count). The van der Waals surface area contributed by atoms with Gasteiger partial charge in [0.25, 0.3) is 0 Å². The molecule has 0 saturated heterocycles. The Balaban J connectivity index is 2.57. The average molecular weight is 244 g/mol. The number of anilines is 1. The molecule has 1 heterocycles. The molecule has 0 unspecified atom stereocenters. The molecular formula is C15H20N2O. The van der Waals surface area contributed by atoms with Crippen molar-refractivity contribution in [2.24, 2.45) is 0 Å². The standard InChI is InChI=1S/C15H20N2O/c1-10(2)13-8-12-7-11(9-18-4)5-6-14(12)17-15(13)16-3/h5-8,10H,9H2,1-4H3,(H,16,17). The van der Waals surface area contributed by atoms with Gasteiger partial charge < -0.3 is 10.1 Å². The van der Waals surface area contributed by atoms with Crippen molar-refractivity contribution in [2.75, 3.05) is 19.5 Å². The number of aromatic nitrogens is 1. The highest BCUT2D eigenvalue weighted by Crippen LogP contribution is 2.27. The van der Waals surface area contributed by atoms with E-state index in [2.05, 4.69) is 48.4 Å². The monoisotopic (exact) mass is 244 g/mol. The third kappa shape index (κ3) is 2.46. The van der Waals surface area contributed by atoms with Gasteiger partial charge in [-0.3, -0.25) is 0 Å². The van der Waals surface area contributed by atoms with Crippen LogP contribution in [0.15, 0.2) is 24.3 Å². The van der Waals surface area contributed by atoms with Crippen molar-refractivity contribution in [1.82, 2.24) is 4.98 Å². The zero-order valence-corrected chi connectivity index (χ0v) is 11.4. The molecule has 0 atom stereocenters. The second-order valence-corrected chi connectivity index (χ2v) is 4.79. The maximum absolute atomic E-state index is 5.17. The number of methoxy groups -OCH3 is 1. The van der Waals surface area contributed by atoms with E-state index in [-0.39, 0.29) is 0 Å². The molecule has 96 valence electrons. The van der Waals surface area contributed by atoms with E-state index >= 15 is 0 Å². The normalized spacial score (nSPS) is 11.2. The molecule has 0 amide bonds. The maximum Gasteiger partial charge on any atom is 0.129 e. The lowest BCUT2D eigenvalue weighted by atomic mass is 10.0. The van der Waals surface area contributed by atoms with E-state index in [0.717, 1.165) is 11.3 Å². The SMILES string of the molecule is CNc1nc2ccc(COC)cc2cc1C(C)C. The van der Waals surface area contributed by atoms with Crippen molar-refractivity contribution >= 4 is 16.7 Å². The molecule has 1 aromatic heterocycles. The Labute approximate surface area is 108 Å². The fourth-order valence-electron chi connectivity index (χ4n) is 2.14. The van der Waals surface area contributed by atoms with Crippen molar-refractivity contribution < 1.29 is 4.74 Å². The van der Waals surface area contributed by atoms with Crippen molar-refractivity contribution in [3.8, 4) is 0 Å². The van der Waals surface area contributed by atoms with Crippen molar-refractivity contribution in [3.05, 3.63) is 35.4 Å². The Bertz CT molecular complexity index is 549. The van der Waals surface area contributed by atoms with Gasteiger partial charge in [0.2, 0.25) is 0 Å². The van der Waals surface area contributed by atoms with Gasteiger partial charge in [0.15, 0.2) is 0 Å². The predicted molar refractivity (Wildman–Crippen MR) is 76.1 cm³/mol. The molecule has 3 nitrogen and oxygen atoms in total. The van der Waals surface area contributed by atoms with E-state index in [1.807, 2.05) is 7.05 Å². The number of nitrogens with zero attached hydrogens (tertiary/aromatic N) is 1. The first-order chi connectivity index (χ1) is 8.65. The first kappa shape index (κ1) is 12.8. The summed E-state index contributed by atoms with van der Waals surface area (Å²) < 4.78 is 5.17. The lowest BCUT2D eigenvalue weighted by Gasteiger charge is -2.13. The molecule has 0 radical (unpaired) electrons. The van der Waals surface area contributed by atoms with Crippen LogP contribution in [0.3, 0.4) is 0 Å². The number of fused-ring (bicyclic) bond motifs is 1. The Morgan fingerprint density at radius 2 is 2.06 bits per heavy atom. The predicted octanol–water partition coefficient (Wildman–Crippen LogP) is 3.55. The fourth-order valence-corrected chi connectivity index (χ4v) is 2.14. The third-order valence-corrected chi connectivity index (χ3v) is 3.08. The van der Waals surface area contributed by atoms with Crippen LogP contribution in [0.25, 0.3) is 10.9 Å². The Morgan fingerprint density at radius 1 is 1.28 bits per heavy atom. The van der Waals surface area contributed by atoms with Crippen molar-refractivity contribution in [2.45, 2.75) is 26.4 Å². The molecule has 2 aromatic rings. The average Bonchev–Trinajstić information content (AvgIpc) is 2.37. The second-order valence-electron chi connectivity index (χ2n) is 4.79. The smallest absolute Gasteiger partial charge is 0.129 e. The summed E-state index contributed by atoms with van der Waals surface area (Å²) in [7, 11) is 3.63. The number of benzene rings is 1. The number of rotatable bonds is 4. The summed E-state index contributed by atoms with van der Waals surface area (Å²) in [5.41, 5.74) is 3.45. The molecule has 1 N–H and O–H groups in total. The molecule has 0 spiro atoms. The molecular weight excluding hydrogens is 224 g/mol.